The maximum atomic E-state index is 11.2. The van der Waals surface area contributed by atoms with Crippen molar-refractivity contribution in [2.24, 2.45) is 11.7 Å². The Morgan fingerprint density at radius 1 is 1.12 bits per heavy atom. The van der Waals surface area contributed by atoms with Crippen LogP contribution in [0.4, 0.5) is 0 Å². The molecule has 1 heterocycles. The van der Waals surface area contributed by atoms with Gasteiger partial charge in [-0.3, -0.25) is 4.79 Å². The summed E-state index contributed by atoms with van der Waals surface area (Å²) in [5.74, 6) is -0.0426. The van der Waals surface area contributed by atoms with E-state index in [0.717, 1.165) is 52.0 Å². The summed E-state index contributed by atoms with van der Waals surface area (Å²) in [4.78, 5) is 13.6. The third-order valence-corrected chi connectivity index (χ3v) is 4.96. The van der Waals surface area contributed by atoms with E-state index in [0.29, 0.717) is 0 Å². The monoisotopic (exact) mass is 325 g/mol. The van der Waals surface area contributed by atoms with Crippen molar-refractivity contribution in [2.75, 3.05) is 26.2 Å². The van der Waals surface area contributed by atoms with Crippen LogP contribution < -0.4 is 11.1 Å². The molecule has 1 amide bonds. The molecule has 4 heteroatoms. The van der Waals surface area contributed by atoms with Crippen molar-refractivity contribution in [2.45, 2.75) is 25.8 Å². The first-order chi connectivity index (χ1) is 11.7. The summed E-state index contributed by atoms with van der Waals surface area (Å²) < 4.78 is 0. The minimum absolute atomic E-state index is 0.0901. The average molecular weight is 325 g/mol. The zero-order chi connectivity index (χ0) is 16.8. The summed E-state index contributed by atoms with van der Waals surface area (Å²) in [7, 11) is 0. The fourth-order valence-electron chi connectivity index (χ4n) is 3.45. The number of carbonyl (C=O) groups is 1. The lowest BCUT2D eigenvalue weighted by atomic mass is 9.96. The Morgan fingerprint density at radius 2 is 1.88 bits per heavy atom. The number of nitrogens with zero attached hydrogens (tertiary/aromatic N) is 1. The van der Waals surface area contributed by atoms with Gasteiger partial charge in [-0.1, -0.05) is 36.4 Å². The van der Waals surface area contributed by atoms with Crippen LogP contribution in [0.3, 0.4) is 0 Å². The van der Waals surface area contributed by atoms with E-state index >= 15 is 0 Å². The minimum atomic E-state index is -0.133. The first-order valence-corrected chi connectivity index (χ1v) is 8.92. The van der Waals surface area contributed by atoms with Crippen molar-refractivity contribution in [3.05, 3.63) is 48.0 Å². The lowest BCUT2D eigenvalue weighted by Crippen LogP contribution is -2.39. The van der Waals surface area contributed by atoms with Gasteiger partial charge >= 0.3 is 0 Å². The number of hydrogen-bond donors (Lipinski definition) is 2. The maximum absolute atomic E-state index is 11.2. The number of fused-ring (bicyclic) bond motifs is 1. The highest BCUT2D eigenvalue weighted by molar-refractivity contribution is 5.82. The summed E-state index contributed by atoms with van der Waals surface area (Å²) in [6, 6.07) is 15.1. The number of rotatable bonds is 7. The fourth-order valence-corrected chi connectivity index (χ4v) is 3.45. The zero-order valence-electron chi connectivity index (χ0n) is 14.2. The Labute approximate surface area is 144 Å². The number of carbonyl (C=O) groups excluding carboxylic acids is 1. The standard InChI is InChI=1S/C20H27N3O/c21-20(24)18-8-12-23(13-9-18)11-3-10-22-15-16-6-7-17-4-1-2-5-19(17)14-16/h1-2,4-7,14,18,22H,3,8-13,15H2,(H2,21,24). The van der Waals surface area contributed by atoms with Crippen LogP contribution in [0.25, 0.3) is 10.8 Å². The maximum Gasteiger partial charge on any atom is 0.220 e. The lowest BCUT2D eigenvalue weighted by Gasteiger charge is -2.30. The molecule has 4 nitrogen and oxygen atoms in total. The molecule has 2 aromatic carbocycles. The third kappa shape index (κ3) is 4.56. The van der Waals surface area contributed by atoms with E-state index in [1.54, 1.807) is 0 Å². The van der Waals surface area contributed by atoms with E-state index in [4.69, 9.17) is 5.73 Å². The van der Waals surface area contributed by atoms with Crippen molar-refractivity contribution in [1.82, 2.24) is 10.2 Å². The van der Waals surface area contributed by atoms with Gasteiger partial charge in [0.05, 0.1) is 0 Å². The van der Waals surface area contributed by atoms with Crippen molar-refractivity contribution >= 4 is 16.7 Å². The van der Waals surface area contributed by atoms with Crippen molar-refractivity contribution in [1.29, 1.82) is 0 Å². The fraction of sp³-hybridized carbons (Fsp3) is 0.450. The number of nitrogens with one attached hydrogen (secondary N) is 1. The van der Waals surface area contributed by atoms with E-state index in [-0.39, 0.29) is 11.8 Å². The first-order valence-electron chi connectivity index (χ1n) is 8.92. The molecule has 0 unspecified atom stereocenters. The van der Waals surface area contributed by atoms with Gasteiger partial charge < -0.3 is 16.0 Å². The molecule has 24 heavy (non-hydrogen) atoms. The molecule has 1 saturated heterocycles. The molecular formula is C20H27N3O. The number of hydrogen-bond acceptors (Lipinski definition) is 3. The molecular weight excluding hydrogens is 298 g/mol. The molecule has 0 aromatic heterocycles. The summed E-state index contributed by atoms with van der Waals surface area (Å²) in [6.45, 7) is 5.02. The summed E-state index contributed by atoms with van der Waals surface area (Å²) in [5, 5.41) is 6.12. The van der Waals surface area contributed by atoms with Gasteiger partial charge in [-0.2, -0.15) is 0 Å². The second-order valence-corrected chi connectivity index (χ2v) is 6.73. The Morgan fingerprint density at radius 3 is 2.62 bits per heavy atom. The van der Waals surface area contributed by atoms with Gasteiger partial charge in [-0.15, -0.1) is 0 Å². The molecule has 1 fully saturated rings. The molecule has 0 atom stereocenters. The highest BCUT2D eigenvalue weighted by Gasteiger charge is 2.22. The van der Waals surface area contributed by atoms with E-state index in [1.807, 2.05) is 0 Å². The van der Waals surface area contributed by atoms with Gasteiger partial charge in [0.2, 0.25) is 5.91 Å². The Balaban J connectivity index is 1.34. The highest BCUT2D eigenvalue weighted by atomic mass is 16.1. The van der Waals surface area contributed by atoms with Crippen molar-refractivity contribution < 1.29 is 4.79 Å². The Hall–Kier alpha value is -1.91. The predicted molar refractivity (Wildman–Crippen MR) is 98.6 cm³/mol. The molecule has 3 N–H and O–H groups in total. The van der Waals surface area contributed by atoms with E-state index in [2.05, 4.69) is 52.7 Å². The lowest BCUT2D eigenvalue weighted by molar-refractivity contribution is -0.123. The summed E-state index contributed by atoms with van der Waals surface area (Å²) >= 11 is 0. The predicted octanol–water partition coefficient (Wildman–Crippen LogP) is 2.52. The van der Waals surface area contributed by atoms with Crippen molar-refractivity contribution in [3.8, 4) is 0 Å². The van der Waals surface area contributed by atoms with Crippen LogP contribution >= 0.6 is 0 Å². The van der Waals surface area contributed by atoms with E-state index in [1.165, 1.54) is 16.3 Å². The Kier molecular flexibility index (Phi) is 5.83. The highest BCUT2D eigenvalue weighted by Crippen LogP contribution is 2.17. The molecule has 128 valence electrons. The molecule has 0 aliphatic carbocycles. The minimum Gasteiger partial charge on any atom is -0.369 e. The van der Waals surface area contributed by atoms with Crippen molar-refractivity contribution in [3.63, 3.8) is 0 Å². The van der Waals surface area contributed by atoms with Crippen LogP contribution in [0.2, 0.25) is 0 Å². The number of benzene rings is 2. The van der Waals surface area contributed by atoms with Crippen LogP contribution in [-0.4, -0.2) is 37.0 Å². The first kappa shape index (κ1) is 16.9. The second kappa shape index (κ2) is 8.27. The second-order valence-electron chi connectivity index (χ2n) is 6.73. The van der Waals surface area contributed by atoms with Gasteiger partial charge in [-0.05, 0) is 67.8 Å². The quantitative estimate of drug-likeness (QED) is 0.769. The number of amides is 1. The summed E-state index contributed by atoms with van der Waals surface area (Å²) in [6.07, 6.45) is 2.97. The Bertz CT molecular complexity index is 677. The number of likely N-dealkylation sites (tertiary alicyclic amines) is 1. The van der Waals surface area contributed by atoms with E-state index in [9.17, 15) is 4.79 Å². The molecule has 0 spiro atoms. The number of primary amides is 1. The molecule has 0 saturated carbocycles. The molecule has 3 rings (SSSR count). The molecule has 2 aromatic rings. The van der Waals surface area contributed by atoms with Crippen LogP contribution in [0.5, 0.6) is 0 Å². The zero-order valence-corrected chi connectivity index (χ0v) is 14.2. The molecule has 0 bridgehead atoms. The number of nitrogens with two attached hydrogens (primary N) is 1. The average Bonchev–Trinajstić information content (AvgIpc) is 2.61. The van der Waals surface area contributed by atoms with Crippen LogP contribution in [0.15, 0.2) is 42.5 Å². The van der Waals surface area contributed by atoms with Gasteiger partial charge in [0.15, 0.2) is 0 Å². The van der Waals surface area contributed by atoms with Gasteiger partial charge in [0.25, 0.3) is 0 Å². The molecule has 1 aliphatic rings. The summed E-state index contributed by atoms with van der Waals surface area (Å²) in [5.41, 5.74) is 6.70. The SMILES string of the molecule is NC(=O)C1CCN(CCCNCc2ccc3ccccc3c2)CC1. The van der Waals surface area contributed by atoms with Crippen LogP contribution in [0, 0.1) is 5.92 Å². The van der Waals surface area contributed by atoms with Gasteiger partial charge in [0.1, 0.15) is 0 Å². The molecule has 1 aliphatic heterocycles. The third-order valence-electron chi connectivity index (χ3n) is 4.96. The van der Waals surface area contributed by atoms with E-state index < -0.39 is 0 Å². The largest absolute Gasteiger partial charge is 0.369 e. The smallest absolute Gasteiger partial charge is 0.220 e. The van der Waals surface area contributed by atoms with Gasteiger partial charge in [0, 0.05) is 12.5 Å². The van der Waals surface area contributed by atoms with Gasteiger partial charge in [-0.25, -0.2) is 0 Å². The van der Waals surface area contributed by atoms with Crippen LogP contribution in [0.1, 0.15) is 24.8 Å². The van der Waals surface area contributed by atoms with Crippen LogP contribution in [-0.2, 0) is 11.3 Å². The number of piperidine rings is 1. The topological polar surface area (TPSA) is 58.4 Å². The normalized spacial score (nSPS) is 16.5. The molecule has 0 radical (unpaired) electrons.